The average Bonchev–Trinajstić information content (AvgIpc) is 2.65. The monoisotopic (exact) mass is 404 g/mol. The van der Waals surface area contributed by atoms with Crippen molar-refractivity contribution in [3.63, 3.8) is 0 Å². The van der Waals surface area contributed by atoms with Crippen molar-refractivity contribution >= 4 is 46.0 Å². The number of carbonyl (C=O) groups excluding carboxylic acids is 1. The van der Waals surface area contributed by atoms with Crippen molar-refractivity contribution in [2.75, 3.05) is 14.2 Å². The smallest absolute Gasteiger partial charge is 0.347 e. The minimum atomic E-state index is -0.755. The molecular formula is C20H14Cl2O5. The summed E-state index contributed by atoms with van der Waals surface area (Å²) in [5.41, 5.74) is -0.0126. The Kier molecular flexibility index (Phi) is 5.54. The maximum absolute atomic E-state index is 12.5. The molecule has 0 fully saturated rings. The SMILES string of the molecule is COc1cc(OC)c2cc(C(=O)/C=C\c3ccc(Cl)cc3Cl)c(=O)oc2c1. The summed E-state index contributed by atoms with van der Waals surface area (Å²) in [7, 11) is 2.96. The van der Waals surface area contributed by atoms with Gasteiger partial charge in [-0.3, -0.25) is 4.79 Å². The molecule has 0 bridgehead atoms. The molecule has 3 aromatic rings. The van der Waals surface area contributed by atoms with E-state index in [9.17, 15) is 9.59 Å². The van der Waals surface area contributed by atoms with Crippen LogP contribution in [0.1, 0.15) is 15.9 Å². The van der Waals surface area contributed by atoms with Crippen LogP contribution in [0.5, 0.6) is 11.5 Å². The first-order valence-corrected chi connectivity index (χ1v) is 8.56. The molecule has 2 aromatic carbocycles. The van der Waals surface area contributed by atoms with Crippen molar-refractivity contribution in [2.24, 2.45) is 0 Å². The molecule has 27 heavy (non-hydrogen) atoms. The number of ketones is 1. The maximum Gasteiger partial charge on any atom is 0.347 e. The van der Waals surface area contributed by atoms with Crippen LogP contribution in [0.2, 0.25) is 10.0 Å². The van der Waals surface area contributed by atoms with E-state index >= 15 is 0 Å². The first kappa shape index (κ1) is 19.0. The Bertz CT molecular complexity index is 1120. The van der Waals surface area contributed by atoms with Gasteiger partial charge in [-0.05, 0) is 35.9 Å². The van der Waals surface area contributed by atoms with Gasteiger partial charge in [-0.2, -0.15) is 0 Å². The summed E-state index contributed by atoms with van der Waals surface area (Å²) in [6.45, 7) is 0. The van der Waals surface area contributed by atoms with E-state index in [0.29, 0.717) is 32.5 Å². The van der Waals surface area contributed by atoms with Crippen molar-refractivity contribution in [3.8, 4) is 11.5 Å². The van der Waals surface area contributed by atoms with Crippen LogP contribution in [0.3, 0.4) is 0 Å². The quantitative estimate of drug-likeness (QED) is 0.339. The Labute approximate surface area is 164 Å². The standard InChI is InChI=1S/C20H14Cl2O5/c1-25-13-8-18(26-2)15-10-14(20(24)27-19(15)9-13)17(23)6-4-11-3-5-12(21)7-16(11)22/h3-10H,1-2H3/b6-4-. The summed E-state index contributed by atoms with van der Waals surface area (Å²) in [5.74, 6) is 0.375. The van der Waals surface area contributed by atoms with E-state index in [1.54, 1.807) is 30.3 Å². The topological polar surface area (TPSA) is 65.7 Å². The molecule has 1 aromatic heterocycles. The molecule has 1 heterocycles. The third-order valence-corrected chi connectivity index (χ3v) is 4.45. The number of fused-ring (bicyclic) bond motifs is 1. The van der Waals surface area contributed by atoms with Crippen LogP contribution in [-0.2, 0) is 0 Å². The number of hydrogen-bond acceptors (Lipinski definition) is 5. The fourth-order valence-electron chi connectivity index (χ4n) is 2.51. The third kappa shape index (κ3) is 3.99. The number of methoxy groups -OCH3 is 2. The van der Waals surface area contributed by atoms with Gasteiger partial charge in [-0.25, -0.2) is 4.79 Å². The van der Waals surface area contributed by atoms with Gasteiger partial charge in [0, 0.05) is 22.2 Å². The number of rotatable bonds is 5. The molecule has 0 aliphatic rings. The van der Waals surface area contributed by atoms with Gasteiger partial charge in [0.25, 0.3) is 0 Å². The van der Waals surface area contributed by atoms with Crippen molar-refractivity contribution in [2.45, 2.75) is 0 Å². The maximum atomic E-state index is 12.5. The van der Waals surface area contributed by atoms with Crippen molar-refractivity contribution in [3.05, 3.63) is 74.1 Å². The zero-order valence-corrected chi connectivity index (χ0v) is 15.9. The molecule has 0 radical (unpaired) electrons. The number of hydrogen-bond donors (Lipinski definition) is 0. The van der Waals surface area contributed by atoms with Crippen LogP contribution in [0, 0.1) is 0 Å². The van der Waals surface area contributed by atoms with Gasteiger partial charge < -0.3 is 13.9 Å². The van der Waals surface area contributed by atoms with Crippen LogP contribution < -0.4 is 15.1 Å². The normalized spacial score (nSPS) is 11.1. The second-order valence-electron chi connectivity index (χ2n) is 5.55. The van der Waals surface area contributed by atoms with Gasteiger partial charge in [0.05, 0.1) is 19.6 Å². The van der Waals surface area contributed by atoms with Crippen LogP contribution in [-0.4, -0.2) is 20.0 Å². The molecule has 5 nitrogen and oxygen atoms in total. The first-order chi connectivity index (χ1) is 12.9. The highest BCUT2D eigenvalue weighted by atomic mass is 35.5. The number of halogens is 2. The number of carbonyl (C=O) groups is 1. The number of benzene rings is 2. The Balaban J connectivity index is 2.03. The largest absolute Gasteiger partial charge is 0.496 e. The minimum absolute atomic E-state index is 0.118. The van der Waals surface area contributed by atoms with Crippen molar-refractivity contribution in [1.29, 1.82) is 0 Å². The van der Waals surface area contributed by atoms with E-state index in [-0.39, 0.29) is 11.1 Å². The van der Waals surface area contributed by atoms with Crippen LogP contribution >= 0.6 is 23.2 Å². The lowest BCUT2D eigenvalue weighted by atomic mass is 10.1. The predicted octanol–water partition coefficient (Wildman–Crippen LogP) is 5.01. The molecule has 0 saturated carbocycles. The second kappa shape index (κ2) is 7.86. The van der Waals surface area contributed by atoms with Gasteiger partial charge in [0.1, 0.15) is 22.6 Å². The summed E-state index contributed by atoms with van der Waals surface area (Å²) in [6, 6.07) is 9.52. The Morgan fingerprint density at radius 2 is 1.85 bits per heavy atom. The Morgan fingerprint density at radius 1 is 1.07 bits per heavy atom. The van der Waals surface area contributed by atoms with E-state index in [1.807, 2.05) is 0 Å². The molecule has 138 valence electrons. The highest BCUT2D eigenvalue weighted by molar-refractivity contribution is 6.35. The van der Waals surface area contributed by atoms with Gasteiger partial charge >= 0.3 is 5.63 Å². The van der Waals surface area contributed by atoms with E-state index in [1.165, 1.54) is 32.4 Å². The molecular weight excluding hydrogens is 391 g/mol. The molecule has 0 amide bonds. The van der Waals surface area contributed by atoms with Gasteiger partial charge in [0.15, 0.2) is 5.78 Å². The van der Waals surface area contributed by atoms with Crippen LogP contribution in [0.4, 0.5) is 0 Å². The molecule has 0 aliphatic carbocycles. The summed E-state index contributed by atoms with van der Waals surface area (Å²) in [6.07, 6.45) is 2.76. The molecule has 0 atom stereocenters. The van der Waals surface area contributed by atoms with E-state index in [0.717, 1.165) is 0 Å². The molecule has 0 N–H and O–H groups in total. The van der Waals surface area contributed by atoms with Gasteiger partial charge in [-0.15, -0.1) is 0 Å². The Hall–Kier alpha value is -2.76. The summed E-state index contributed by atoms with van der Waals surface area (Å²) in [5, 5.41) is 1.37. The minimum Gasteiger partial charge on any atom is -0.496 e. The molecule has 0 saturated heterocycles. The lowest BCUT2D eigenvalue weighted by Crippen LogP contribution is -2.12. The summed E-state index contributed by atoms with van der Waals surface area (Å²) >= 11 is 11.9. The molecule has 7 heteroatoms. The van der Waals surface area contributed by atoms with Crippen molar-refractivity contribution < 1.29 is 18.7 Å². The molecule has 0 unspecified atom stereocenters. The van der Waals surface area contributed by atoms with E-state index in [4.69, 9.17) is 37.1 Å². The fraction of sp³-hybridized carbons (Fsp3) is 0.100. The van der Waals surface area contributed by atoms with Crippen molar-refractivity contribution in [1.82, 2.24) is 0 Å². The highest BCUT2D eigenvalue weighted by Gasteiger charge is 2.15. The predicted molar refractivity (Wildman–Crippen MR) is 105 cm³/mol. The van der Waals surface area contributed by atoms with Gasteiger partial charge in [0.2, 0.25) is 0 Å². The van der Waals surface area contributed by atoms with E-state index in [2.05, 4.69) is 0 Å². The molecule has 0 aliphatic heterocycles. The average molecular weight is 405 g/mol. The Morgan fingerprint density at radius 3 is 2.52 bits per heavy atom. The number of allylic oxidation sites excluding steroid dienone is 1. The number of ether oxygens (including phenoxy) is 2. The van der Waals surface area contributed by atoms with E-state index < -0.39 is 11.4 Å². The second-order valence-corrected chi connectivity index (χ2v) is 6.40. The van der Waals surface area contributed by atoms with Crippen LogP contribution in [0.25, 0.3) is 17.0 Å². The van der Waals surface area contributed by atoms with Gasteiger partial charge in [-0.1, -0.05) is 29.3 Å². The van der Waals surface area contributed by atoms with Crippen LogP contribution in [0.15, 0.2) is 51.7 Å². The summed E-state index contributed by atoms with van der Waals surface area (Å²) < 4.78 is 15.7. The lowest BCUT2D eigenvalue weighted by molar-refractivity contribution is 0.104. The lowest BCUT2D eigenvalue weighted by Gasteiger charge is -2.08. The highest BCUT2D eigenvalue weighted by Crippen LogP contribution is 2.31. The fourth-order valence-corrected chi connectivity index (χ4v) is 2.98. The zero-order chi connectivity index (χ0) is 19.6. The molecule has 3 rings (SSSR count). The summed E-state index contributed by atoms with van der Waals surface area (Å²) in [4.78, 5) is 24.8. The zero-order valence-electron chi connectivity index (χ0n) is 14.4. The third-order valence-electron chi connectivity index (χ3n) is 3.89. The molecule has 0 spiro atoms. The first-order valence-electron chi connectivity index (χ1n) is 7.80.